The van der Waals surface area contributed by atoms with E-state index in [1.807, 2.05) is 0 Å². The van der Waals surface area contributed by atoms with Gasteiger partial charge < -0.3 is 9.47 Å². The van der Waals surface area contributed by atoms with Crippen LogP contribution in [0.2, 0.25) is 0 Å². The fraction of sp³-hybridized carbons (Fsp3) is 0.900. The van der Waals surface area contributed by atoms with Crippen molar-refractivity contribution in [2.75, 3.05) is 47.1 Å². The average Bonchev–Trinajstić information content (AvgIpc) is 2.21. The number of methoxy groups -OCH3 is 2. The van der Waals surface area contributed by atoms with Crippen LogP contribution in [0.25, 0.3) is 0 Å². The molecule has 0 N–H and O–H groups in total. The topological polar surface area (TPSA) is 45.5 Å². The zero-order valence-corrected chi connectivity index (χ0v) is 9.16. The summed E-state index contributed by atoms with van der Waals surface area (Å²) in [4.78, 5) is 2.25. The summed E-state index contributed by atoms with van der Waals surface area (Å²) in [5, 5.41) is 8.41. The van der Waals surface area contributed by atoms with Gasteiger partial charge in [0, 0.05) is 33.7 Å². The molecule has 0 radical (unpaired) electrons. The number of hydrogen-bond acceptors (Lipinski definition) is 4. The van der Waals surface area contributed by atoms with Crippen molar-refractivity contribution in [1.29, 1.82) is 5.26 Å². The Bertz CT molecular complexity index is 149. The van der Waals surface area contributed by atoms with E-state index in [-0.39, 0.29) is 0 Å². The van der Waals surface area contributed by atoms with Gasteiger partial charge >= 0.3 is 0 Å². The minimum atomic E-state index is 0.621. The molecule has 0 aromatic heterocycles. The predicted octanol–water partition coefficient (Wildman–Crippen LogP) is 0.885. The van der Waals surface area contributed by atoms with Gasteiger partial charge in [-0.1, -0.05) is 0 Å². The predicted molar refractivity (Wildman–Crippen MR) is 55.0 cm³/mol. The molecule has 0 aromatic carbocycles. The summed E-state index contributed by atoms with van der Waals surface area (Å²) in [5.74, 6) is 0. The van der Waals surface area contributed by atoms with Crippen molar-refractivity contribution < 1.29 is 9.47 Å². The number of nitrogens with zero attached hydrogens (tertiary/aromatic N) is 2. The molecule has 0 rings (SSSR count). The van der Waals surface area contributed by atoms with Crippen LogP contribution in [0.15, 0.2) is 0 Å². The Balaban J connectivity index is 3.56. The molecule has 0 saturated heterocycles. The van der Waals surface area contributed by atoms with Crippen molar-refractivity contribution in [1.82, 2.24) is 4.90 Å². The van der Waals surface area contributed by atoms with Gasteiger partial charge in [0.25, 0.3) is 0 Å². The summed E-state index contributed by atoms with van der Waals surface area (Å²) in [7, 11) is 3.40. The number of ether oxygens (including phenoxy) is 2. The highest BCUT2D eigenvalue weighted by atomic mass is 16.5. The van der Waals surface area contributed by atoms with Crippen LogP contribution >= 0.6 is 0 Å². The number of hydrogen-bond donors (Lipinski definition) is 0. The van der Waals surface area contributed by atoms with Crippen molar-refractivity contribution in [2.24, 2.45) is 0 Å². The second kappa shape index (κ2) is 10.5. The molecule has 4 nitrogen and oxygen atoms in total. The minimum absolute atomic E-state index is 0.621. The highest BCUT2D eigenvalue weighted by molar-refractivity contribution is 4.70. The maximum atomic E-state index is 8.41. The molecule has 0 saturated carbocycles. The molecule has 0 spiro atoms. The van der Waals surface area contributed by atoms with Crippen LogP contribution in [-0.2, 0) is 9.47 Å². The number of rotatable bonds is 9. The fourth-order valence-corrected chi connectivity index (χ4v) is 1.16. The molecule has 82 valence electrons. The van der Waals surface area contributed by atoms with Crippen LogP contribution in [0.3, 0.4) is 0 Å². The van der Waals surface area contributed by atoms with Crippen LogP contribution in [0, 0.1) is 11.3 Å². The molecule has 0 bridgehead atoms. The standard InChI is InChI=1S/C10H20N2O2/c1-13-9-7-12(8-10-14-2)6-4-3-5-11/h3-4,6-10H2,1-2H3. The zero-order valence-electron chi connectivity index (χ0n) is 9.16. The molecule has 0 amide bonds. The van der Waals surface area contributed by atoms with E-state index in [2.05, 4.69) is 11.0 Å². The summed E-state index contributed by atoms with van der Waals surface area (Å²) >= 11 is 0. The Morgan fingerprint density at radius 3 is 2.07 bits per heavy atom. The quantitative estimate of drug-likeness (QED) is 0.518. The number of nitriles is 1. The molecule has 0 aromatic rings. The smallest absolute Gasteiger partial charge is 0.0622 e. The van der Waals surface area contributed by atoms with Gasteiger partial charge in [0.1, 0.15) is 0 Å². The molecular weight excluding hydrogens is 180 g/mol. The molecule has 0 unspecified atom stereocenters. The van der Waals surface area contributed by atoms with Gasteiger partial charge in [0.05, 0.1) is 19.3 Å². The summed E-state index contributed by atoms with van der Waals surface area (Å²) in [6, 6.07) is 2.15. The first kappa shape index (κ1) is 13.4. The van der Waals surface area contributed by atoms with Crippen LogP contribution in [0.4, 0.5) is 0 Å². The molecule has 0 atom stereocenters. The molecular formula is C10H20N2O2. The Kier molecular flexibility index (Phi) is 9.98. The van der Waals surface area contributed by atoms with E-state index in [0.717, 1.165) is 39.3 Å². The summed E-state index contributed by atoms with van der Waals surface area (Å²) in [6.45, 7) is 4.23. The summed E-state index contributed by atoms with van der Waals surface area (Å²) in [5.41, 5.74) is 0. The lowest BCUT2D eigenvalue weighted by Gasteiger charge is -2.20. The Morgan fingerprint density at radius 1 is 1.07 bits per heavy atom. The van der Waals surface area contributed by atoms with Crippen molar-refractivity contribution >= 4 is 0 Å². The normalized spacial score (nSPS) is 10.4. The van der Waals surface area contributed by atoms with E-state index in [4.69, 9.17) is 14.7 Å². The molecule has 0 heterocycles. The molecule has 0 fully saturated rings. The van der Waals surface area contributed by atoms with Gasteiger partial charge in [-0.2, -0.15) is 5.26 Å². The lowest BCUT2D eigenvalue weighted by atomic mass is 10.3. The third kappa shape index (κ3) is 7.99. The van der Waals surface area contributed by atoms with E-state index >= 15 is 0 Å². The van der Waals surface area contributed by atoms with Gasteiger partial charge in [-0.05, 0) is 13.0 Å². The van der Waals surface area contributed by atoms with Gasteiger partial charge in [-0.3, -0.25) is 4.90 Å². The molecule has 0 aliphatic carbocycles. The third-order valence-corrected chi connectivity index (χ3v) is 1.99. The zero-order chi connectivity index (χ0) is 10.6. The first-order valence-corrected chi connectivity index (χ1v) is 4.92. The van der Waals surface area contributed by atoms with Crippen LogP contribution < -0.4 is 0 Å². The maximum Gasteiger partial charge on any atom is 0.0622 e. The van der Waals surface area contributed by atoms with Crippen LogP contribution in [-0.4, -0.2) is 52.0 Å². The van der Waals surface area contributed by atoms with Crippen LogP contribution in [0.5, 0.6) is 0 Å². The monoisotopic (exact) mass is 200 g/mol. The second-order valence-corrected chi connectivity index (χ2v) is 3.09. The largest absolute Gasteiger partial charge is 0.383 e. The van der Waals surface area contributed by atoms with Crippen LogP contribution in [0.1, 0.15) is 12.8 Å². The van der Waals surface area contributed by atoms with Gasteiger partial charge in [0.15, 0.2) is 0 Å². The highest BCUT2D eigenvalue weighted by Crippen LogP contribution is 1.94. The van der Waals surface area contributed by atoms with E-state index in [1.54, 1.807) is 14.2 Å². The van der Waals surface area contributed by atoms with E-state index in [0.29, 0.717) is 6.42 Å². The van der Waals surface area contributed by atoms with E-state index in [1.165, 1.54) is 0 Å². The molecule has 4 heteroatoms. The lowest BCUT2D eigenvalue weighted by Crippen LogP contribution is -2.31. The Hall–Kier alpha value is -0.630. The van der Waals surface area contributed by atoms with Crippen molar-refractivity contribution in [3.05, 3.63) is 0 Å². The minimum Gasteiger partial charge on any atom is -0.383 e. The maximum absolute atomic E-state index is 8.41. The average molecular weight is 200 g/mol. The Labute approximate surface area is 86.4 Å². The van der Waals surface area contributed by atoms with Crippen molar-refractivity contribution in [2.45, 2.75) is 12.8 Å². The van der Waals surface area contributed by atoms with E-state index in [9.17, 15) is 0 Å². The summed E-state index contributed by atoms with van der Waals surface area (Å²) < 4.78 is 10.0. The molecule has 0 aliphatic rings. The summed E-state index contributed by atoms with van der Waals surface area (Å²) in [6.07, 6.45) is 1.54. The van der Waals surface area contributed by atoms with Crippen molar-refractivity contribution in [3.8, 4) is 6.07 Å². The first-order chi connectivity index (χ1) is 6.85. The number of unbranched alkanes of at least 4 members (excludes halogenated alkanes) is 1. The van der Waals surface area contributed by atoms with Gasteiger partial charge in [0.2, 0.25) is 0 Å². The third-order valence-electron chi connectivity index (χ3n) is 1.99. The lowest BCUT2D eigenvalue weighted by molar-refractivity contribution is 0.113. The van der Waals surface area contributed by atoms with E-state index < -0.39 is 0 Å². The SMILES string of the molecule is COCCN(CCCC#N)CCOC. The van der Waals surface area contributed by atoms with Gasteiger partial charge in [-0.25, -0.2) is 0 Å². The fourth-order valence-electron chi connectivity index (χ4n) is 1.16. The highest BCUT2D eigenvalue weighted by Gasteiger charge is 2.03. The van der Waals surface area contributed by atoms with Crippen molar-refractivity contribution in [3.63, 3.8) is 0 Å². The molecule has 14 heavy (non-hydrogen) atoms. The Morgan fingerprint density at radius 2 is 1.64 bits per heavy atom. The molecule has 0 aliphatic heterocycles. The van der Waals surface area contributed by atoms with Gasteiger partial charge in [-0.15, -0.1) is 0 Å². The first-order valence-electron chi connectivity index (χ1n) is 4.92. The second-order valence-electron chi connectivity index (χ2n) is 3.09.